The first-order chi connectivity index (χ1) is 9.72. The highest BCUT2D eigenvalue weighted by Gasteiger charge is 2.22. The highest BCUT2D eigenvalue weighted by atomic mass is 16.5. The molecule has 0 aliphatic heterocycles. The van der Waals surface area contributed by atoms with Gasteiger partial charge in [-0.2, -0.15) is 4.98 Å². The van der Waals surface area contributed by atoms with Crippen LogP contribution in [-0.2, 0) is 11.3 Å². The molecular formula is C15H21N3O2. The van der Waals surface area contributed by atoms with E-state index in [9.17, 15) is 0 Å². The number of rotatable bonds is 7. The third kappa shape index (κ3) is 3.65. The Morgan fingerprint density at radius 1 is 1.30 bits per heavy atom. The van der Waals surface area contributed by atoms with Gasteiger partial charge in [-0.25, -0.2) is 0 Å². The lowest BCUT2D eigenvalue weighted by molar-refractivity contribution is 0.114. The van der Waals surface area contributed by atoms with Crippen molar-refractivity contribution in [3.8, 4) is 0 Å². The predicted octanol–water partition coefficient (Wildman–Crippen LogP) is 2.80. The Kier molecular flexibility index (Phi) is 5.26. The fraction of sp³-hybridized carbons (Fsp3) is 0.467. The molecule has 108 valence electrons. The SMILES string of the molecule is CCCOCc1noc(C(C)C(N)c2ccccc2)n1. The molecule has 0 bridgehead atoms. The van der Waals surface area contributed by atoms with Crippen LogP contribution in [0, 0.1) is 0 Å². The molecule has 0 aliphatic carbocycles. The van der Waals surface area contributed by atoms with Crippen molar-refractivity contribution in [2.75, 3.05) is 6.61 Å². The standard InChI is InChI=1S/C15H21N3O2/c1-3-9-19-10-13-17-15(20-18-13)11(2)14(16)12-7-5-4-6-8-12/h4-8,11,14H,3,9-10,16H2,1-2H3. The molecule has 0 fully saturated rings. The van der Waals surface area contributed by atoms with Crippen molar-refractivity contribution >= 4 is 0 Å². The third-order valence-electron chi connectivity index (χ3n) is 3.18. The second-order valence-electron chi connectivity index (χ2n) is 4.83. The van der Waals surface area contributed by atoms with Crippen LogP contribution in [0.15, 0.2) is 34.9 Å². The van der Waals surface area contributed by atoms with E-state index in [-0.39, 0.29) is 12.0 Å². The molecule has 0 saturated carbocycles. The van der Waals surface area contributed by atoms with Gasteiger partial charge in [0, 0.05) is 12.6 Å². The summed E-state index contributed by atoms with van der Waals surface area (Å²) in [7, 11) is 0. The van der Waals surface area contributed by atoms with Crippen molar-refractivity contribution in [3.63, 3.8) is 0 Å². The summed E-state index contributed by atoms with van der Waals surface area (Å²) in [6.45, 7) is 5.12. The van der Waals surface area contributed by atoms with Crippen molar-refractivity contribution < 1.29 is 9.26 Å². The summed E-state index contributed by atoms with van der Waals surface area (Å²) in [6.07, 6.45) is 0.972. The number of hydrogen-bond acceptors (Lipinski definition) is 5. The number of nitrogens with zero attached hydrogens (tertiary/aromatic N) is 2. The monoisotopic (exact) mass is 275 g/mol. The van der Waals surface area contributed by atoms with Gasteiger partial charge in [0.2, 0.25) is 5.89 Å². The van der Waals surface area contributed by atoms with E-state index >= 15 is 0 Å². The average molecular weight is 275 g/mol. The van der Waals surface area contributed by atoms with E-state index in [4.69, 9.17) is 15.0 Å². The van der Waals surface area contributed by atoms with Crippen LogP contribution in [0.2, 0.25) is 0 Å². The molecule has 5 nitrogen and oxygen atoms in total. The van der Waals surface area contributed by atoms with Gasteiger partial charge < -0.3 is 15.0 Å². The van der Waals surface area contributed by atoms with Gasteiger partial charge in [-0.15, -0.1) is 0 Å². The van der Waals surface area contributed by atoms with Crippen molar-refractivity contribution in [3.05, 3.63) is 47.6 Å². The van der Waals surface area contributed by atoms with Gasteiger partial charge in [0.05, 0.1) is 5.92 Å². The Morgan fingerprint density at radius 3 is 2.75 bits per heavy atom. The predicted molar refractivity (Wildman–Crippen MR) is 76.0 cm³/mol. The number of hydrogen-bond donors (Lipinski definition) is 1. The molecular weight excluding hydrogens is 254 g/mol. The maximum atomic E-state index is 6.24. The molecule has 20 heavy (non-hydrogen) atoms. The van der Waals surface area contributed by atoms with E-state index in [1.54, 1.807) is 0 Å². The molecule has 2 rings (SSSR count). The highest BCUT2D eigenvalue weighted by Crippen LogP contribution is 2.27. The molecule has 0 saturated heterocycles. The summed E-state index contributed by atoms with van der Waals surface area (Å²) >= 11 is 0. The molecule has 1 heterocycles. The van der Waals surface area contributed by atoms with Crippen LogP contribution in [0.4, 0.5) is 0 Å². The molecule has 0 amide bonds. The Hall–Kier alpha value is -1.72. The van der Waals surface area contributed by atoms with E-state index in [0.29, 0.717) is 24.9 Å². The van der Waals surface area contributed by atoms with Gasteiger partial charge in [0.1, 0.15) is 6.61 Å². The largest absolute Gasteiger partial charge is 0.373 e. The molecule has 1 aromatic carbocycles. The van der Waals surface area contributed by atoms with Crippen molar-refractivity contribution in [1.29, 1.82) is 0 Å². The molecule has 2 aromatic rings. The van der Waals surface area contributed by atoms with E-state index in [2.05, 4.69) is 17.1 Å². The quantitative estimate of drug-likeness (QED) is 0.786. The first-order valence-electron chi connectivity index (χ1n) is 6.93. The van der Waals surface area contributed by atoms with Crippen LogP contribution in [0.25, 0.3) is 0 Å². The first kappa shape index (κ1) is 14.7. The summed E-state index contributed by atoms with van der Waals surface area (Å²) in [5.41, 5.74) is 7.30. The summed E-state index contributed by atoms with van der Waals surface area (Å²) < 4.78 is 10.7. The normalized spacial score (nSPS) is 14.2. The summed E-state index contributed by atoms with van der Waals surface area (Å²) in [5, 5.41) is 3.92. The lowest BCUT2D eigenvalue weighted by atomic mass is 9.95. The molecule has 0 spiro atoms. The highest BCUT2D eigenvalue weighted by molar-refractivity contribution is 5.21. The fourth-order valence-electron chi connectivity index (χ4n) is 1.94. The number of ether oxygens (including phenoxy) is 1. The minimum Gasteiger partial charge on any atom is -0.373 e. The topological polar surface area (TPSA) is 74.2 Å². The summed E-state index contributed by atoms with van der Waals surface area (Å²) in [6, 6.07) is 9.75. The maximum absolute atomic E-state index is 6.24. The second-order valence-corrected chi connectivity index (χ2v) is 4.83. The Morgan fingerprint density at radius 2 is 2.05 bits per heavy atom. The van der Waals surface area contributed by atoms with Gasteiger partial charge in [-0.1, -0.05) is 49.3 Å². The maximum Gasteiger partial charge on any atom is 0.231 e. The first-order valence-corrected chi connectivity index (χ1v) is 6.93. The number of benzene rings is 1. The molecule has 1 aromatic heterocycles. The zero-order valence-corrected chi connectivity index (χ0v) is 12.0. The number of nitrogens with two attached hydrogens (primary N) is 1. The molecule has 5 heteroatoms. The molecule has 2 N–H and O–H groups in total. The molecule has 0 radical (unpaired) electrons. The average Bonchev–Trinajstić information content (AvgIpc) is 2.96. The van der Waals surface area contributed by atoms with E-state index in [0.717, 1.165) is 12.0 Å². The summed E-state index contributed by atoms with van der Waals surface area (Å²) in [5.74, 6) is 1.09. The zero-order chi connectivity index (χ0) is 14.4. The number of aromatic nitrogens is 2. The zero-order valence-electron chi connectivity index (χ0n) is 12.0. The van der Waals surface area contributed by atoms with Crippen LogP contribution in [0.5, 0.6) is 0 Å². The van der Waals surface area contributed by atoms with Gasteiger partial charge >= 0.3 is 0 Å². The second kappa shape index (κ2) is 7.17. The third-order valence-corrected chi connectivity index (χ3v) is 3.18. The van der Waals surface area contributed by atoms with Crippen LogP contribution >= 0.6 is 0 Å². The van der Waals surface area contributed by atoms with Crippen LogP contribution < -0.4 is 5.73 Å². The van der Waals surface area contributed by atoms with E-state index in [1.165, 1.54) is 0 Å². The van der Waals surface area contributed by atoms with Crippen molar-refractivity contribution in [1.82, 2.24) is 10.1 Å². The smallest absolute Gasteiger partial charge is 0.231 e. The van der Waals surface area contributed by atoms with Gasteiger partial charge in [-0.3, -0.25) is 0 Å². The van der Waals surface area contributed by atoms with Crippen molar-refractivity contribution in [2.24, 2.45) is 5.73 Å². The molecule has 2 atom stereocenters. The molecule has 0 aliphatic rings. The lowest BCUT2D eigenvalue weighted by Gasteiger charge is -2.16. The van der Waals surface area contributed by atoms with Gasteiger partial charge in [0.15, 0.2) is 5.82 Å². The summed E-state index contributed by atoms with van der Waals surface area (Å²) in [4.78, 5) is 4.35. The Labute approximate surface area is 119 Å². The van der Waals surface area contributed by atoms with Gasteiger partial charge in [-0.05, 0) is 12.0 Å². The van der Waals surface area contributed by atoms with Crippen molar-refractivity contribution in [2.45, 2.75) is 38.8 Å². The van der Waals surface area contributed by atoms with Gasteiger partial charge in [0.25, 0.3) is 0 Å². The Balaban J connectivity index is 2.00. The van der Waals surface area contributed by atoms with Crippen LogP contribution in [-0.4, -0.2) is 16.7 Å². The van der Waals surface area contributed by atoms with Crippen LogP contribution in [0.3, 0.4) is 0 Å². The Bertz CT molecular complexity index is 513. The van der Waals surface area contributed by atoms with Crippen LogP contribution in [0.1, 0.15) is 49.5 Å². The lowest BCUT2D eigenvalue weighted by Crippen LogP contribution is -2.17. The fourth-order valence-corrected chi connectivity index (χ4v) is 1.94. The van der Waals surface area contributed by atoms with E-state index in [1.807, 2.05) is 37.3 Å². The minimum absolute atomic E-state index is 0.0372. The minimum atomic E-state index is -0.166. The molecule has 2 unspecified atom stereocenters. The van der Waals surface area contributed by atoms with E-state index < -0.39 is 0 Å².